The van der Waals surface area contributed by atoms with Crippen molar-refractivity contribution in [2.45, 2.75) is 36.5 Å². The molecule has 2 aromatic carbocycles. The lowest BCUT2D eigenvalue weighted by Gasteiger charge is -2.18. The van der Waals surface area contributed by atoms with Gasteiger partial charge in [-0.15, -0.1) is 0 Å². The van der Waals surface area contributed by atoms with Crippen molar-refractivity contribution in [1.29, 1.82) is 0 Å². The summed E-state index contributed by atoms with van der Waals surface area (Å²) in [7, 11) is 0.420. The van der Waals surface area contributed by atoms with Gasteiger partial charge in [-0.25, -0.2) is 22.9 Å². The van der Waals surface area contributed by atoms with E-state index in [1.54, 1.807) is 29.6 Å². The topological polar surface area (TPSA) is 75.2 Å². The molecular weight excluding hydrogens is 520 g/mol. The molecule has 2 atom stereocenters. The maximum absolute atomic E-state index is 12.7. The number of benzene rings is 2. The number of carbonyl (C=O) groups excluding carboxylic acids is 1. The summed E-state index contributed by atoms with van der Waals surface area (Å²) in [6, 6.07) is 10.5. The fourth-order valence-corrected chi connectivity index (χ4v) is 5.02. The molecule has 12 heteroatoms. The summed E-state index contributed by atoms with van der Waals surface area (Å²) >= 11 is 6.03. The molecule has 6 nitrogen and oxygen atoms in total. The summed E-state index contributed by atoms with van der Waals surface area (Å²) in [4.78, 5) is 18.0. The van der Waals surface area contributed by atoms with Crippen molar-refractivity contribution >= 4 is 28.9 Å². The largest absolute Gasteiger partial charge is 0.451 e. The Labute approximate surface area is 213 Å². The van der Waals surface area contributed by atoms with Crippen LogP contribution in [0.5, 0.6) is 0 Å². The summed E-state index contributed by atoms with van der Waals surface area (Å²) in [5.74, 6) is -1.50. The molecule has 1 aromatic heterocycles. The van der Waals surface area contributed by atoms with E-state index in [2.05, 4.69) is 15.3 Å². The zero-order valence-electron chi connectivity index (χ0n) is 19.1. The molecule has 192 valence electrons. The van der Waals surface area contributed by atoms with Gasteiger partial charge in [-0.2, -0.15) is 13.2 Å². The van der Waals surface area contributed by atoms with Crippen LogP contribution >= 0.6 is 11.6 Å². The van der Waals surface area contributed by atoms with Crippen LogP contribution in [0.4, 0.5) is 17.6 Å². The van der Waals surface area contributed by atoms with Crippen molar-refractivity contribution in [3.63, 3.8) is 0 Å². The van der Waals surface area contributed by atoms with Crippen LogP contribution in [-0.4, -0.2) is 44.4 Å². The first-order valence-corrected chi connectivity index (χ1v) is 12.3. The lowest BCUT2D eigenvalue weighted by Crippen LogP contribution is -2.32. The highest BCUT2D eigenvalue weighted by Crippen LogP contribution is 2.28. The van der Waals surface area contributed by atoms with E-state index in [0.29, 0.717) is 34.1 Å². The molecule has 1 N–H and O–H groups in total. The van der Waals surface area contributed by atoms with E-state index < -0.39 is 23.0 Å². The third-order valence-electron chi connectivity index (χ3n) is 5.29. The number of carbonyl (C=O) groups is 1. The average Bonchev–Trinajstić information content (AvgIpc) is 3.35. The lowest BCUT2D eigenvalue weighted by atomic mass is 10.1. The van der Waals surface area contributed by atoms with Gasteiger partial charge in [-0.1, -0.05) is 17.7 Å². The van der Waals surface area contributed by atoms with E-state index in [4.69, 9.17) is 11.6 Å². The van der Waals surface area contributed by atoms with Gasteiger partial charge >= 0.3 is 6.18 Å². The second kappa shape index (κ2) is 12.5. The van der Waals surface area contributed by atoms with Crippen molar-refractivity contribution in [2.24, 2.45) is 0 Å². The van der Waals surface area contributed by atoms with Crippen molar-refractivity contribution in [3.8, 4) is 11.1 Å². The Kier molecular flexibility index (Phi) is 9.66. The zero-order valence-corrected chi connectivity index (χ0v) is 20.7. The number of aldehydes is 1. The SMILES string of the molecule is CNCc1cc(-c2cnc(C(F)(F)F)nc2)ccc1Cl.O=CC1CCCN1S(=O)c1ccc(F)cc1. The molecule has 0 saturated carbocycles. The highest BCUT2D eigenvalue weighted by molar-refractivity contribution is 7.82. The van der Waals surface area contributed by atoms with Crippen molar-refractivity contribution in [3.05, 3.63) is 77.1 Å². The van der Waals surface area contributed by atoms with E-state index >= 15 is 0 Å². The summed E-state index contributed by atoms with van der Waals surface area (Å²) in [5.41, 5.74) is 2.08. The molecule has 0 aliphatic carbocycles. The number of halogens is 5. The molecule has 3 aromatic rings. The van der Waals surface area contributed by atoms with E-state index in [-0.39, 0.29) is 11.9 Å². The van der Waals surface area contributed by atoms with Crippen LogP contribution in [0.1, 0.15) is 24.2 Å². The maximum Gasteiger partial charge on any atom is 0.451 e. The minimum Gasteiger partial charge on any atom is -0.316 e. The van der Waals surface area contributed by atoms with Gasteiger partial charge in [-0.3, -0.25) is 0 Å². The Morgan fingerprint density at radius 1 is 1.14 bits per heavy atom. The Morgan fingerprint density at radius 3 is 2.39 bits per heavy atom. The monoisotopic (exact) mass is 542 g/mol. The number of alkyl halides is 3. The predicted molar refractivity (Wildman–Crippen MR) is 129 cm³/mol. The second-order valence-electron chi connectivity index (χ2n) is 7.82. The van der Waals surface area contributed by atoms with Crippen LogP contribution in [0.15, 0.2) is 59.8 Å². The Bertz CT molecular complexity index is 1190. The number of hydrogen-bond donors (Lipinski definition) is 1. The molecule has 0 spiro atoms. The van der Waals surface area contributed by atoms with Gasteiger partial charge in [0, 0.05) is 36.1 Å². The van der Waals surface area contributed by atoms with Crippen LogP contribution in [0.2, 0.25) is 5.02 Å². The third-order valence-corrected chi connectivity index (χ3v) is 7.21. The van der Waals surface area contributed by atoms with Gasteiger partial charge in [0.1, 0.15) is 23.1 Å². The molecule has 1 aliphatic rings. The van der Waals surface area contributed by atoms with E-state index in [0.717, 1.165) is 37.1 Å². The minimum absolute atomic E-state index is 0.272. The summed E-state index contributed by atoms with van der Waals surface area (Å²) in [6.07, 6.45) is 0.224. The van der Waals surface area contributed by atoms with Crippen LogP contribution in [0.25, 0.3) is 11.1 Å². The molecule has 2 unspecified atom stereocenters. The Hall–Kier alpha value is -2.73. The predicted octanol–water partition coefficient (Wildman–Crippen LogP) is 5.05. The quantitative estimate of drug-likeness (QED) is 0.349. The van der Waals surface area contributed by atoms with Crippen LogP contribution in [0.3, 0.4) is 0 Å². The molecule has 1 saturated heterocycles. The Morgan fingerprint density at radius 2 is 1.81 bits per heavy atom. The van der Waals surface area contributed by atoms with E-state index in [9.17, 15) is 26.6 Å². The summed E-state index contributed by atoms with van der Waals surface area (Å²) in [5, 5.41) is 3.56. The van der Waals surface area contributed by atoms with Gasteiger partial charge < -0.3 is 10.1 Å². The van der Waals surface area contributed by atoms with Crippen molar-refractivity contribution < 1.29 is 26.6 Å². The zero-order chi connectivity index (χ0) is 26.3. The molecule has 2 heterocycles. The molecule has 0 amide bonds. The average molecular weight is 543 g/mol. The number of aromatic nitrogens is 2. The van der Waals surface area contributed by atoms with Gasteiger partial charge in [0.25, 0.3) is 0 Å². The number of nitrogens with one attached hydrogen (secondary N) is 1. The number of hydrogen-bond acceptors (Lipinski definition) is 5. The Balaban J connectivity index is 0.000000205. The van der Waals surface area contributed by atoms with E-state index in [1.807, 2.05) is 0 Å². The molecule has 1 aliphatic heterocycles. The van der Waals surface area contributed by atoms with Gasteiger partial charge in [0.05, 0.1) is 10.9 Å². The van der Waals surface area contributed by atoms with E-state index in [1.165, 1.54) is 24.3 Å². The number of rotatable bonds is 6. The smallest absolute Gasteiger partial charge is 0.316 e. The molecule has 1 fully saturated rings. The number of nitrogens with zero attached hydrogens (tertiary/aromatic N) is 3. The normalized spacial score (nSPS) is 16.8. The fraction of sp³-hybridized carbons (Fsp3) is 0.292. The van der Waals surface area contributed by atoms with Crippen LogP contribution in [-0.2, 0) is 28.5 Å². The first kappa shape index (κ1) is 27.9. The highest BCUT2D eigenvalue weighted by atomic mass is 35.5. The van der Waals surface area contributed by atoms with Crippen LogP contribution < -0.4 is 5.32 Å². The molecule has 0 radical (unpaired) electrons. The summed E-state index contributed by atoms with van der Waals surface area (Å²) in [6.45, 7) is 1.21. The lowest BCUT2D eigenvalue weighted by molar-refractivity contribution is -0.145. The first-order valence-electron chi connectivity index (χ1n) is 10.9. The minimum atomic E-state index is -4.53. The molecule has 0 bridgehead atoms. The van der Waals surface area contributed by atoms with Crippen molar-refractivity contribution in [1.82, 2.24) is 19.6 Å². The molecule has 36 heavy (non-hydrogen) atoms. The third kappa shape index (κ3) is 7.16. The summed E-state index contributed by atoms with van der Waals surface area (Å²) < 4.78 is 63.6. The van der Waals surface area contributed by atoms with Gasteiger partial charge in [0.15, 0.2) is 0 Å². The highest BCUT2D eigenvalue weighted by Gasteiger charge is 2.34. The first-order chi connectivity index (χ1) is 17.1. The van der Waals surface area contributed by atoms with Gasteiger partial charge in [0.2, 0.25) is 5.82 Å². The second-order valence-corrected chi connectivity index (χ2v) is 9.66. The van der Waals surface area contributed by atoms with Crippen LogP contribution in [0, 0.1) is 5.82 Å². The van der Waals surface area contributed by atoms with Gasteiger partial charge in [-0.05, 0) is 67.4 Å². The molecular formula is C24H23ClF4N4O2S. The van der Waals surface area contributed by atoms with Crippen molar-refractivity contribution in [2.75, 3.05) is 13.6 Å². The molecule has 4 rings (SSSR count). The maximum atomic E-state index is 12.7. The fourth-order valence-electron chi connectivity index (χ4n) is 3.50. The standard InChI is InChI=1S/C13H11ClF3N3.C11H12FNO2S/c1-18-5-9-4-8(2-3-11(9)14)10-6-19-12(20-7-10)13(15,16)17;12-9-3-5-11(6-4-9)16(15)13-7-1-2-10(13)8-14/h2-4,6-7,18H,5H2,1H3;3-6,8,10H,1-2,7H2.